The van der Waals surface area contributed by atoms with Crippen LogP contribution >= 0.6 is 0 Å². The largest absolute Gasteiger partial charge is 0.507 e. The number of allylic oxidation sites excluding steroid dienone is 2. The second-order valence-corrected chi connectivity index (χ2v) is 12.9. The van der Waals surface area contributed by atoms with E-state index in [0.29, 0.717) is 30.5 Å². The van der Waals surface area contributed by atoms with Crippen molar-refractivity contribution in [1.82, 2.24) is 20.2 Å². The molecule has 9 nitrogen and oxygen atoms in total. The van der Waals surface area contributed by atoms with Crippen molar-refractivity contribution in [2.75, 3.05) is 46.4 Å². The topological polar surface area (TPSA) is 97.7 Å². The molecule has 9 heteroatoms. The van der Waals surface area contributed by atoms with Gasteiger partial charge in [0.1, 0.15) is 17.4 Å². The van der Waals surface area contributed by atoms with Crippen molar-refractivity contribution in [3.8, 4) is 5.75 Å². The molecule has 0 aromatic heterocycles. The van der Waals surface area contributed by atoms with Gasteiger partial charge in [0.15, 0.2) is 0 Å². The Balaban J connectivity index is 0.000000299. The number of piperidine rings is 1. The van der Waals surface area contributed by atoms with Gasteiger partial charge in [-0.3, -0.25) is 25.1 Å². The van der Waals surface area contributed by atoms with E-state index in [1.807, 2.05) is 63.2 Å². The first kappa shape index (κ1) is 41.2. The van der Waals surface area contributed by atoms with Crippen LogP contribution in [0.25, 0.3) is 0 Å². The van der Waals surface area contributed by atoms with Crippen molar-refractivity contribution in [1.29, 1.82) is 0 Å². The molecule has 4 rings (SSSR count). The number of amides is 1. The fourth-order valence-electron chi connectivity index (χ4n) is 6.04. The summed E-state index contributed by atoms with van der Waals surface area (Å²) < 4.78 is 5.40. The molecule has 0 bridgehead atoms. The third-order valence-corrected chi connectivity index (χ3v) is 8.83. The monoisotopic (exact) mass is 675 g/mol. The molecule has 1 amide bonds. The maximum absolute atomic E-state index is 11.6. The van der Waals surface area contributed by atoms with E-state index in [9.17, 15) is 14.7 Å². The molecule has 2 fully saturated rings. The van der Waals surface area contributed by atoms with E-state index < -0.39 is 0 Å². The summed E-state index contributed by atoms with van der Waals surface area (Å²) in [5.41, 5.74) is 8.21. The predicted octanol–water partition coefficient (Wildman–Crippen LogP) is 6.75. The van der Waals surface area contributed by atoms with Crippen LogP contribution in [0.4, 0.5) is 0 Å². The Morgan fingerprint density at radius 2 is 1.73 bits per heavy atom. The van der Waals surface area contributed by atoms with Gasteiger partial charge in [-0.2, -0.15) is 0 Å². The van der Waals surface area contributed by atoms with Crippen molar-refractivity contribution in [3.05, 3.63) is 89.1 Å². The highest BCUT2D eigenvalue weighted by Crippen LogP contribution is 2.22. The van der Waals surface area contributed by atoms with Crippen LogP contribution in [-0.4, -0.2) is 96.5 Å². The number of carbonyl (C=O) groups excluding carboxylic acids is 2. The highest BCUT2D eigenvalue weighted by molar-refractivity contribution is 5.98. The van der Waals surface area contributed by atoms with E-state index in [4.69, 9.17) is 4.74 Å². The lowest BCUT2D eigenvalue weighted by Gasteiger charge is -2.38. The summed E-state index contributed by atoms with van der Waals surface area (Å²) in [7, 11) is 1.71. The molecule has 2 aromatic carbocycles. The van der Waals surface area contributed by atoms with E-state index in [2.05, 4.69) is 52.8 Å². The van der Waals surface area contributed by atoms with Crippen LogP contribution in [0, 0.1) is 20.8 Å². The van der Waals surface area contributed by atoms with Gasteiger partial charge in [-0.15, -0.1) is 0 Å². The van der Waals surface area contributed by atoms with Gasteiger partial charge in [0.2, 0.25) is 6.41 Å². The summed E-state index contributed by atoms with van der Waals surface area (Å²) in [6.45, 7) is 21.7. The number of phenolic OH excluding ortho intramolecular Hbond substituents is 1. The number of aromatic hydroxyl groups is 1. The predicted molar refractivity (Wildman–Crippen MR) is 202 cm³/mol. The summed E-state index contributed by atoms with van der Waals surface area (Å²) in [6, 6.07) is 14.5. The number of carbonyl (C=O) groups is 2. The van der Waals surface area contributed by atoms with Gasteiger partial charge in [-0.05, 0) is 84.4 Å². The molecule has 0 saturated carbocycles. The van der Waals surface area contributed by atoms with Crippen molar-refractivity contribution in [3.63, 3.8) is 0 Å². The quantitative estimate of drug-likeness (QED) is 0.0797. The van der Waals surface area contributed by atoms with Gasteiger partial charge >= 0.3 is 0 Å². The highest BCUT2D eigenvalue weighted by atomic mass is 16.5. The average Bonchev–Trinajstić information content (AvgIpc) is 3.65. The molecule has 1 atom stereocenters. The molecule has 2 N–H and O–H groups in total. The van der Waals surface area contributed by atoms with Gasteiger partial charge < -0.3 is 19.5 Å². The number of hydrazine groups is 1. The Kier molecular flexibility index (Phi) is 19.0. The Morgan fingerprint density at radius 1 is 1.08 bits per heavy atom. The number of aryl methyl sites for hydroxylation is 3. The molecule has 0 spiro atoms. The van der Waals surface area contributed by atoms with Crippen molar-refractivity contribution < 1.29 is 19.4 Å². The lowest BCUT2D eigenvalue weighted by molar-refractivity contribution is -0.123. The zero-order valence-corrected chi connectivity index (χ0v) is 31.1. The Morgan fingerprint density at radius 3 is 2.24 bits per heavy atom. The fourth-order valence-corrected chi connectivity index (χ4v) is 6.04. The fraction of sp³-hybridized carbons (Fsp3) is 0.525. The number of nitrogens with one attached hydrogen (secondary N) is 1. The van der Waals surface area contributed by atoms with E-state index in [0.717, 1.165) is 74.5 Å². The number of aliphatic imine (C=N–C) groups is 1. The van der Waals surface area contributed by atoms with Crippen LogP contribution < -0.4 is 5.43 Å². The molecular formula is C40H61N5O4. The highest BCUT2D eigenvalue weighted by Gasteiger charge is 2.25. The number of phenols is 1. The normalized spacial score (nSPS) is 16.4. The zero-order chi connectivity index (χ0) is 36.2. The number of ether oxygens (including phenoxy) is 1. The smallest absolute Gasteiger partial charge is 0.228 e. The number of benzene rings is 2. The van der Waals surface area contributed by atoms with Crippen LogP contribution in [0.1, 0.15) is 81.5 Å². The molecule has 2 aliphatic heterocycles. The minimum absolute atomic E-state index is 0.102. The molecule has 2 heterocycles. The van der Waals surface area contributed by atoms with Crippen molar-refractivity contribution in [2.24, 2.45) is 4.99 Å². The summed E-state index contributed by atoms with van der Waals surface area (Å²) in [5.74, 6) is 1.28. The number of Topliss-reactive ketones (excluding diaryl/α,β-unsaturated/α-hetero) is 1. The third kappa shape index (κ3) is 14.6. The number of hydrogen-bond acceptors (Lipinski definition) is 7. The van der Waals surface area contributed by atoms with Gasteiger partial charge in [0.25, 0.3) is 0 Å². The first-order chi connectivity index (χ1) is 23.5. The number of nitrogens with zero attached hydrogens (tertiary/aromatic N) is 4. The summed E-state index contributed by atoms with van der Waals surface area (Å²) in [6.07, 6.45) is 10.6. The van der Waals surface area contributed by atoms with E-state index in [1.165, 1.54) is 24.9 Å². The van der Waals surface area contributed by atoms with Crippen molar-refractivity contribution >= 4 is 18.0 Å². The average molecular weight is 676 g/mol. The van der Waals surface area contributed by atoms with E-state index in [-0.39, 0.29) is 11.8 Å². The third-order valence-electron chi connectivity index (χ3n) is 8.83. The molecule has 2 aliphatic rings. The molecule has 2 aromatic rings. The Bertz CT molecular complexity index is 1320. The summed E-state index contributed by atoms with van der Waals surface area (Å²) in [4.78, 5) is 31.8. The van der Waals surface area contributed by atoms with Gasteiger partial charge in [-0.25, -0.2) is 0 Å². The standard InChI is InChI=1S/C20H28N4O2.C11H21NO.C9H12O/c1-16(9-10-17(2)26)23-13-11-19(12-14-23)24(15-25)22-20(21-3)18-7-5-4-6-8-18;1-3-5-8-12(7-4-2)11-6-9-13-10-11;1-6-4-7(2)9(10)8(3)5-6/h4-8,15,19H,1,9-14H2,2-3H3,(H,21,22);3,5,11H,4,6-10H2,1-2H3;4-5,10H,1-3H3/b;5-3+;. The number of amidine groups is 1. The maximum Gasteiger partial charge on any atom is 0.228 e. The Labute approximate surface area is 295 Å². The number of ketones is 1. The Hall–Kier alpha value is -3.95. The molecule has 49 heavy (non-hydrogen) atoms. The first-order valence-electron chi connectivity index (χ1n) is 17.7. The molecule has 0 radical (unpaired) electrons. The lowest BCUT2D eigenvalue weighted by atomic mass is 10.0. The van der Waals surface area contributed by atoms with Crippen LogP contribution in [0.3, 0.4) is 0 Å². The lowest BCUT2D eigenvalue weighted by Crippen LogP contribution is -2.52. The minimum Gasteiger partial charge on any atom is -0.507 e. The second-order valence-electron chi connectivity index (χ2n) is 12.9. The summed E-state index contributed by atoms with van der Waals surface area (Å²) >= 11 is 0. The minimum atomic E-state index is 0.102. The van der Waals surface area contributed by atoms with Gasteiger partial charge in [-0.1, -0.05) is 73.7 Å². The van der Waals surface area contributed by atoms with Crippen LogP contribution in [0.5, 0.6) is 5.75 Å². The van der Waals surface area contributed by atoms with Crippen molar-refractivity contribution in [2.45, 2.75) is 92.2 Å². The second kappa shape index (κ2) is 22.6. The summed E-state index contributed by atoms with van der Waals surface area (Å²) in [5, 5.41) is 10.9. The number of rotatable bonds is 13. The number of hydrogen-bond donors (Lipinski definition) is 2. The SMILES string of the molecule is C/C=C/CN(CCC)C1CCOC1.C=C(CCC(C)=O)N1CCC(N(C=O)NC(=NC)c2ccccc2)CC1.Cc1cc(C)c(O)c(C)c1. The van der Waals surface area contributed by atoms with Crippen LogP contribution in [0.15, 0.2) is 71.9 Å². The molecule has 2 saturated heterocycles. The van der Waals surface area contributed by atoms with E-state index in [1.54, 1.807) is 19.0 Å². The van der Waals surface area contributed by atoms with E-state index >= 15 is 0 Å². The van der Waals surface area contributed by atoms with Crippen LogP contribution in [-0.2, 0) is 14.3 Å². The first-order valence-corrected chi connectivity index (χ1v) is 17.7. The molecule has 270 valence electrons. The number of likely N-dealkylation sites (tertiary alicyclic amines) is 1. The van der Waals surface area contributed by atoms with Gasteiger partial charge in [0, 0.05) is 57.0 Å². The van der Waals surface area contributed by atoms with Crippen LogP contribution in [0.2, 0.25) is 0 Å². The maximum atomic E-state index is 11.6. The van der Waals surface area contributed by atoms with Gasteiger partial charge in [0.05, 0.1) is 12.6 Å². The molecular weight excluding hydrogens is 614 g/mol. The molecule has 0 aliphatic carbocycles. The zero-order valence-electron chi connectivity index (χ0n) is 31.1. The molecule has 1 unspecified atom stereocenters.